The fraction of sp³-hybridized carbons (Fsp3) is 0.467. The quantitative estimate of drug-likeness (QED) is 0.941. The van der Waals surface area contributed by atoms with E-state index in [4.69, 9.17) is 0 Å². The van der Waals surface area contributed by atoms with E-state index in [0.29, 0.717) is 22.8 Å². The first kappa shape index (κ1) is 15.2. The van der Waals surface area contributed by atoms with Crippen LogP contribution >= 0.6 is 0 Å². The van der Waals surface area contributed by atoms with E-state index in [9.17, 15) is 8.42 Å². The van der Waals surface area contributed by atoms with E-state index in [-0.39, 0.29) is 6.04 Å². The number of rotatable bonds is 3. The van der Waals surface area contributed by atoms with E-state index >= 15 is 0 Å². The van der Waals surface area contributed by atoms with E-state index in [1.54, 1.807) is 18.2 Å². The highest BCUT2D eigenvalue weighted by Gasteiger charge is 2.39. The normalized spacial score (nSPS) is 19.7. The highest BCUT2D eigenvalue weighted by atomic mass is 32.2. The van der Waals surface area contributed by atoms with E-state index in [1.165, 1.54) is 0 Å². The molecule has 0 saturated carbocycles. The van der Waals surface area contributed by atoms with Crippen molar-refractivity contribution in [2.75, 3.05) is 6.54 Å². The van der Waals surface area contributed by atoms with Crippen molar-refractivity contribution < 1.29 is 8.42 Å². The molecule has 1 atom stereocenters. The lowest BCUT2D eigenvalue weighted by Crippen LogP contribution is -2.31. The lowest BCUT2D eigenvalue weighted by Gasteiger charge is -2.24. The van der Waals surface area contributed by atoms with Gasteiger partial charge in [-0.25, -0.2) is 8.42 Å². The molecular weight excluding hydrogens is 300 g/mol. The van der Waals surface area contributed by atoms with Gasteiger partial charge in [0.25, 0.3) is 0 Å². The van der Waals surface area contributed by atoms with Crippen molar-refractivity contribution >= 4 is 10.0 Å². The second kappa shape index (κ2) is 5.48. The first-order valence-corrected chi connectivity index (χ1v) is 8.82. The van der Waals surface area contributed by atoms with Crippen LogP contribution in [-0.2, 0) is 10.0 Å². The van der Waals surface area contributed by atoms with Gasteiger partial charge in [-0.15, -0.1) is 0 Å². The second-order valence-corrected chi connectivity index (χ2v) is 7.57. The number of hydrogen-bond acceptors (Lipinski definition) is 4. The molecule has 0 bridgehead atoms. The van der Waals surface area contributed by atoms with Gasteiger partial charge in [-0.2, -0.15) is 9.40 Å². The van der Waals surface area contributed by atoms with Gasteiger partial charge >= 0.3 is 0 Å². The third-order valence-electron chi connectivity index (χ3n) is 4.08. The summed E-state index contributed by atoms with van der Waals surface area (Å²) in [5, 5.41) is 6.78. The summed E-state index contributed by atoms with van der Waals surface area (Å²) in [6.07, 6.45) is 1.64. The lowest BCUT2D eigenvalue weighted by atomic mass is 10.1. The van der Waals surface area contributed by atoms with Crippen LogP contribution in [0, 0.1) is 20.8 Å². The highest BCUT2D eigenvalue weighted by Crippen LogP contribution is 2.36. The zero-order valence-corrected chi connectivity index (χ0v) is 13.8. The molecule has 0 aromatic carbocycles. The molecule has 0 aliphatic carbocycles. The Hall–Kier alpha value is -1.73. The molecule has 7 heteroatoms. The molecule has 118 valence electrons. The number of H-pyrrole nitrogens is 1. The summed E-state index contributed by atoms with van der Waals surface area (Å²) in [4.78, 5) is 4.81. The van der Waals surface area contributed by atoms with Gasteiger partial charge in [0.1, 0.15) is 4.90 Å². The fourth-order valence-corrected chi connectivity index (χ4v) is 5.12. The Morgan fingerprint density at radius 2 is 2.05 bits per heavy atom. The van der Waals surface area contributed by atoms with E-state index in [0.717, 1.165) is 24.2 Å². The Kier molecular flexibility index (Phi) is 3.78. The number of hydrogen-bond donors (Lipinski definition) is 1. The molecule has 0 radical (unpaired) electrons. The average molecular weight is 320 g/mol. The topological polar surface area (TPSA) is 79.0 Å². The molecule has 3 heterocycles. The van der Waals surface area contributed by atoms with Gasteiger partial charge < -0.3 is 0 Å². The summed E-state index contributed by atoms with van der Waals surface area (Å²) in [5.41, 5.74) is 2.82. The molecule has 0 unspecified atom stereocenters. The maximum atomic E-state index is 13.0. The van der Waals surface area contributed by atoms with Crippen LogP contribution in [0.4, 0.5) is 0 Å². The predicted molar refractivity (Wildman–Crippen MR) is 82.9 cm³/mol. The van der Waals surface area contributed by atoms with Gasteiger partial charge in [-0.1, -0.05) is 6.07 Å². The van der Waals surface area contributed by atoms with Crippen LogP contribution < -0.4 is 0 Å². The zero-order valence-electron chi connectivity index (χ0n) is 13.0. The molecule has 0 spiro atoms. The number of sulfonamides is 1. The Bertz CT molecular complexity index is 778. The maximum absolute atomic E-state index is 13.0. The Morgan fingerprint density at radius 1 is 1.27 bits per heavy atom. The Labute approximate surface area is 130 Å². The first-order chi connectivity index (χ1) is 10.4. The maximum Gasteiger partial charge on any atom is 0.247 e. The monoisotopic (exact) mass is 320 g/mol. The number of nitrogens with one attached hydrogen (secondary N) is 1. The molecule has 0 amide bonds. The van der Waals surface area contributed by atoms with Crippen LogP contribution in [0.2, 0.25) is 0 Å². The molecule has 1 fully saturated rings. The van der Waals surface area contributed by atoms with Gasteiger partial charge in [0.15, 0.2) is 0 Å². The smallest absolute Gasteiger partial charge is 0.247 e. The minimum absolute atomic E-state index is 0.196. The molecule has 1 saturated heterocycles. The van der Waals surface area contributed by atoms with Gasteiger partial charge in [-0.3, -0.25) is 10.1 Å². The standard InChI is InChI=1S/C15H20N4O2S/c1-10-6-4-7-13(16-10)14-8-5-9-19(14)22(20,21)15-11(2)17-18-12(15)3/h4,6-7,14H,5,8-9H2,1-3H3,(H,17,18)/t14-/m1/s1. The van der Waals surface area contributed by atoms with Gasteiger partial charge in [-0.05, 0) is 45.7 Å². The molecule has 1 aliphatic rings. The largest absolute Gasteiger partial charge is 0.281 e. The van der Waals surface area contributed by atoms with E-state index in [2.05, 4.69) is 15.2 Å². The number of nitrogens with zero attached hydrogens (tertiary/aromatic N) is 3. The van der Waals surface area contributed by atoms with Crippen LogP contribution in [0.15, 0.2) is 23.1 Å². The Morgan fingerprint density at radius 3 is 2.68 bits per heavy atom. The van der Waals surface area contributed by atoms with E-state index in [1.807, 2.05) is 25.1 Å². The number of aryl methyl sites for hydroxylation is 3. The van der Waals surface area contributed by atoms with Crippen molar-refractivity contribution in [3.8, 4) is 0 Å². The van der Waals surface area contributed by atoms with Crippen LogP contribution in [-0.4, -0.2) is 34.4 Å². The number of aromatic nitrogens is 3. The van der Waals surface area contributed by atoms with Crippen LogP contribution in [0.1, 0.15) is 41.7 Å². The van der Waals surface area contributed by atoms with Gasteiger partial charge in [0.05, 0.1) is 23.1 Å². The SMILES string of the molecule is Cc1cccc([C@H]2CCCN2S(=O)(=O)c2c(C)n[nH]c2C)n1. The van der Waals surface area contributed by atoms with Crippen molar-refractivity contribution in [3.63, 3.8) is 0 Å². The molecule has 3 rings (SSSR count). The van der Waals surface area contributed by atoms with Crippen LogP contribution in [0.25, 0.3) is 0 Å². The Balaban J connectivity index is 2.03. The average Bonchev–Trinajstić information content (AvgIpc) is 3.06. The number of aromatic amines is 1. The summed E-state index contributed by atoms with van der Waals surface area (Å²) >= 11 is 0. The number of pyridine rings is 1. The second-order valence-electron chi connectivity index (χ2n) is 5.74. The summed E-state index contributed by atoms with van der Waals surface area (Å²) in [6.45, 7) is 5.89. The first-order valence-electron chi connectivity index (χ1n) is 7.38. The molecule has 2 aromatic heterocycles. The summed E-state index contributed by atoms with van der Waals surface area (Å²) in [6, 6.07) is 5.55. The van der Waals surface area contributed by atoms with Crippen molar-refractivity contribution in [1.82, 2.24) is 19.5 Å². The predicted octanol–water partition coefficient (Wildman–Crippen LogP) is 2.26. The summed E-state index contributed by atoms with van der Waals surface area (Å²) in [7, 11) is -3.57. The minimum atomic E-state index is -3.57. The molecule has 6 nitrogen and oxygen atoms in total. The van der Waals surface area contributed by atoms with Gasteiger partial charge in [0, 0.05) is 12.2 Å². The molecular formula is C15H20N4O2S. The van der Waals surface area contributed by atoms with Crippen LogP contribution in [0.3, 0.4) is 0 Å². The minimum Gasteiger partial charge on any atom is -0.281 e. The molecule has 1 N–H and O–H groups in total. The lowest BCUT2D eigenvalue weighted by molar-refractivity contribution is 0.389. The van der Waals surface area contributed by atoms with Crippen molar-refractivity contribution in [3.05, 3.63) is 41.0 Å². The zero-order chi connectivity index (χ0) is 15.9. The third kappa shape index (κ3) is 2.44. The molecule has 1 aliphatic heterocycles. The van der Waals surface area contributed by atoms with Crippen molar-refractivity contribution in [2.24, 2.45) is 0 Å². The molecule has 2 aromatic rings. The van der Waals surface area contributed by atoms with Crippen molar-refractivity contribution in [2.45, 2.75) is 44.6 Å². The van der Waals surface area contributed by atoms with E-state index < -0.39 is 10.0 Å². The van der Waals surface area contributed by atoms with Gasteiger partial charge in [0.2, 0.25) is 10.0 Å². The fourth-order valence-electron chi connectivity index (χ4n) is 3.11. The summed E-state index contributed by atoms with van der Waals surface area (Å²) in [5.74, 6) is 0. The van der Waals surface area contributed by atoms with Crippen molar-refractivity contribution in [1.29, 1.82) is 0 Å². The third-order valence-corrected chi connectivity index (χ3v) is 6.25. The highest BCUT2D eigenvalue weighted by molar-refractivity contribution is 7.89. The van der Waals surface area contributed by atoms with Crippen LogP contribution in [0.5, 0.6) is 0 Å². The molecule has 22 heavy (non-hydrogen) atoms. The summed E-state index contributed by atoms with van der Waals surface area (Å²) < 4.78 is 27.7.